The molecule has 2 fully saturated rings. The van der Waals surface area contributed by atoms with E-state index in [1.807, 2.05) is 33.0 Å². The predicted molar refractivity (Wildman–Crippen MR) is 133 cm³/mol. The van der Waals surface area contributed by atoms with Gasteiger partial charge in [0.15, 0.2) is 5.79 Å². The van der Waals surface area contributed by atoms with E-state index in [1.54, 1.807) is 0 Å². The van der Waals surface area contributed by atoms with Crippen molar-refractivity contribution in [1.82, 2.24) is 19.5 Å². The van der Waals surface area contributed by atoms with Crippen molar-refractivity contribution in [1.29, 1.82) is 0 Å². The summed E-state index contributed by atoms with van der Waals surface area (Å²) in [6, 6.07) is 12.8. The van der Waals surface area contributed by atoms with Gasteiger partial charge in [-0.25, -0.2) is 15.0 Å². The maximum atomic E-state index is 6.42. The topological polar surface area (TPSA) is 100 Å². The number of nitrogen functional groups attached to an aromatic ring is 1. The highest BCUT2D eigenvalue weighted by atomic mass is 16.8. The smallest absolute Gasteiger partial charge is 0.163 e. The maximum Gasteiger partial charge on any atom is 0.163 e. The Bertz CT molecular complexity index is 1370. The molecule has 1 aliphatic heterocycles. The fraction of sp³-hybridized carbons (Fsp3) is 0.423. The third kappa shape index (κ3) is 3.58. The number of aryl methyl sites for hydroxylation is 1. The average Bonchev–Trinajstić information content (AvgIpc) is 3.48. The number of hydrogen-bond donors (Lipinski definition) is 2. The summed E-state index contributed by atoms with van der Waals surface area (Å²) in [4.78, 5) is 13.4. The number of anilines is 2. The molecule has 4 aromatic rings. The Balaban J connectivity index is 1.26. The SMILES string of the molecule is CNc1ccc2ccc(CC[C@H]3C[C@@H](n4ccc5c(N)ncnc54)[C@@H]4OC(C)(C)O[C@H]34)cc2n1. The zero-order valence-electron chi connectivity index (χ0n) is 19.7. The van der Waals surface area contributed by atoms with Gasteiger partial charge in [-0.15, -0.1) is 0 Å². The van der Waals surface area contributed by atoms with Gasteiger partial charge in [-0.3, -0.25) is 0 Å². The Morgan fingerprint density at radius 3 is 2.79 bits per heavy atom. The van der Waals surface area contributed by atoms with Crippen LogP contribution in [-0.4, -0.2) is 44.6 Å². The maximum absolute atomic E-state index is 6.42. The normalized spacial score (nSPS) is 25.7. The second kappa shape index (κ2) is 7.92. The number of nitrogens with zero attached hydrogens (tertiary/aromatic N) is 4. The lowest BCUT2D eigenvalue weighted by molar-refractivity contribution is -0.160. The van der Waals surface area contributed by atoms with Crippen LogP contribution in [0.4, 0.5) is 11.6 Å². The molecule has 4 heterocycles. The van der Waals surface area contributed by atoms with Crippen molar-refractivity contribution in [3.63, 3.8) is 0 Å². The Morgan fingerprint density at radius 1 is 1.12 bits per heavy atom. The molecule has 4 atom stereocenters. The summed E-state index contributed by atoms with van der Waals surface area (Å²) >= 11 is 0. The third-order valence-electron chi connectivity index (χ3n) is 7.27. The number of rotatable bonds is 5. The van der Waals surface area contributed by atoms with Crippen LogP contribution in [0.2, 0.25) is 0 Å². The summed E-state index contributed by atoms with van der Waals surface area (Å²) in [6.07, 6.45) is 6.56. The van der Waals surface area contributed by atoms with Gasteiger partial charge < -0.3 is 25.1 Å². The lowest BCUT2D eigenvalue weighted by Crippen LogP contribution is -2.27. The largest absolute Gasteiger partial charge is 0.383 e. The monoisotopic (exact) mass is 458 g/mol. The summed E-state index contributed by atoms with van der Waals surface area (Å²) in [7, 11) is 1.89. The number of ether oxygens (including phenoxy) is 2. The minimum absolute atomic E-state index is 0.0248. The molecular formula is C26H30N6O2. The van der Waals surface area contributed by atoms with Crippen LogP contribution < -0.4 is 11.1 Å². The Morgan fingerprint density at radius 2 is 1.94 bits per heavy atom. The summed E-state index contributed by atoms with van der Waals surface area (Å²) in [5, 5.41) is 5.15. The quantitative estimate of drug-likeness (QED) is 0.459. The average molecular weight is 459 g/mol. The first-order valence-corrected chi connectivity index (χ1v) is 11.9. The van der Waals surface area contributed by atoms with E-state index in [4.69, 9.17) is 20.2 Å². The van der Waals surface area contributed by atoms with Crippen LogP contribution in [0.25, 0.3) is 21.9 Å². The van der Waals surface area contributed by atoms with E-state index < -0.39 is 5.79 Å². The van der Waals surface area contributed by atoms with Crippen molar-refractivity contribution in [2.24, 2.45) is 5.92 Å². The summed E-state index contributed by atoms with van der Waals surface area (Å²) in [5.41, 5.74) is 9.25. The molecule has 34 heavy (non-hydrogen) atoms. The predicted octanol–water partition coefficient (Wildman–Crippen LogP) is 4.32. The number of hydrogen-bond acceptors (Lipinski definition) is 7. The second-order valence-corrected chi connectivity index (χ2v) is 9.86. The molecule has 1 saturated carbocycles. The van der Waals surface area contributed by atoms with E-state index in [0.29, 0.717) is 11.7 Å². The second-order valence-electron chi connectivity index (χ2n) is 9.86. The molecule has 1 aliphatic carbocycles. The van der Waals surface area contributed by atoms with Crippen molar-refractivity contribution in [3.8, 4) is 0 Å². The van der Waals surface area contributed by atoms with Crippen molar-refractivity contribution in [3.05, 3.63) is 54.5 Å². The number of benzene rings is 1. The van der Waals surface area contributed by atoms with Crippen molar-refractivity contribution >= 4 is 33.6 Å². The van der Waals surface area contributed by atoms with Gasteiger partial charge in [-0.05, 0) is 68.9 Å². The minimum Gasteiger partial charge on any atom is -0.383 e. The number of aromatic nitrogens is 4. The van der Waals surface area contributed by atoms with Crippen LogP contribution in [0.3, 0.4) is 0 Å². The standard InChI is InChI=1S/C26H30N6O2/c1-26(2)33-22-17(7-5-15-4-6-16-8-9-21(28-3)31-19(16)12-15)13-20(23(22)34-26)32-11-10-18-24(27)29-14-30-25(18)32/h4,6,8-12,14,17,20,22-23H,5,7,13H2,1-3H3,(H,28,31)(H2,27,29,30)/t17-,20+,22+,23-/m0/s1. The van der Waals surface area contributed by atoms with Gasteiger partial charge in [0, 0.05) is 18.6 Å². The molecule has 0 unspecified atom stereocenters. The molecule has 8 heteroatoms. The van der Waals surface area contributed by atoms with E-state index in [0.717, 1.165) is 47.0 Å². The van der Waals surface area contributed by atoms with Crippen LogP contribution in [0.5, 0.6) is 0 Å². The van der Waals surface area contributed by atoms with Crippen LogP contribution in [0, 0.1) is 5.92 Å². The van der Waals surface area contributed by atoms with E-state index in [1.165, 1.54) is 11.9 Å². The first-order chi connectivity index (χ1) is 16.4. The number of pyridine rings is 1. The molecule has 0 bridgehead atoms. The molecule has 1 aromatic carbocycles. The molecule has 176 valence electrons. The van der Waals surface area contributed by atoms with Gasteiger partial charge in [0.05, 0.1) is 23.0 Å². The molecule has 1 saturated heterocycles. The highest BCUT2D eigenvalue weighted by Crippen LogP contribution is 2.49. The lowest BCUT2D eigenvalue weighted by atomic mass is 9.95. The van der Waals surface area contributed by atoms with Crippen LogP contribution in [0.1, 0.15) is 38.3 Å². The van der Waals surface area contributed by atoms with Crippen molar-refractivity contribution < 1.29 is 9.47 Å². The summed E-state index contributed by atoms with van der Waals surface area (Å²) in [5.74, 6) is 1.17. The first-order valence-electron chi connectivity index (χ1n) is 11.9. The van der Waals surface area contributed by atoms with Crippen LogP contribution in [-0.2, 0) is 15.9 Å². The number of nitrogens with two attached hydrogens (primary N) is 1. The zero-order valence-corrected chi connectivity index (χ0v) is 19.7. The molecule has 0 radical (unpaired) electrons. The molecule has 3 aromatic heterocycles. The Hall–Kier alpha value is -3.23. The highest BCUT2D eigenvalue weighted by molar-refractivity contribution is 5.86. The Labute approximate surface area is 198 Å². The van der Waals surface area contributed by atoms with E-state index >= 15 is 0 Å². The van der Waals surface area contributed by atoms with Crippen LogP contribution >= 0.6 is 0 Å². The number of fused-ring (bicyclic) bond motifs is 3. The third-order valence-corrected chi connectivity index (χ3v) is 7.27. The van der Waals surface area contributed by atoms with E-state index in [2.05, 4.69) is 50.3 Å². The molecule has 0 spiro atoms. The van der Waals surface area contributed by atoms with Gasteiger partial charge in [-0.2, -0.15) is 0 Å². The lowest BCUT2D eigenvalue weighted by Gasteiger charge is -2.24. The number of nitrogens with one attached hydrogen (secondary N) is 1. The highest BCUT2D eigenvalue weighted by Gasteiger charge is 2.54. The molecule has 6 rings (SSSR count). The Kier molecular flexibility index (Phi) is 4.97. The fourth-order valence-electron chi connectivity index (χ4n) is 5.68. The molecule has 0 amide bonds. The minimum atomic E-state index is -0.598. The van der Waals surface area contributed by atoms with Gasteiger partial charge in [0.25, 0.3) is 0 Å². The van der Waals surface area contributed by atoms with Gasteiger partial charge in [-0.1, -0.05) is 12.1 Å². The zero-order chi connectivity index (χ0) is 23.4. The fourth-order valence-corrected chi connectivity index (χ4v) is 5.68. The first kappa shape index (κ1) is 21.3. The molecule has 8 nitrogen and oxygen atoms in total. The van der Waals surface area contributed by atoms with Crippen molar-refractivity contribution in [2.45, 2.75) is 57.1 Å². The van der Waals surface area contributed by atoms with Crippen molar-refractivity contribution in [2.75, 3.05) is 18.1 Å². The van der Waals surface area contributed by atoms with Crippen LogP contribution in [0.15, 0.2) is 48.9 Å². The van der Waals surface area contributed by atoms with Gasteiger partial charge >= 0.3 is 0 Å². The molecule has 2 aliphatic rings. The summed E-state index contributed by atoms with van der Waals surface area (Å²) in [6.45, 7) is 4.00. The summed E-state index contributed by atoms with van der Waals surface area (Å²) < 4.78 is 15.0. The molecular weight excluding hydrogens is 428 g/mol. The van der Waals surface area contributed by atoms with Gasteiger partial charge in [0.2, 0.25) is 0 Å². The van der Waals surface area contributed by atoms with E-state index in [-0.39, 0.29) is 18.2 Å². The molecule has 3 N–H and O–H groups in total. The van der Waals surface area contributed by atoms with Gasteiger partial charge in [0.1, 0.15) is 29.7 Å². The van der Waals surface area contributed by atoms with E-state index in [9.17, 15) is 0 Å².